The lowest BCUT2D eigenvalue weighted by molar-refractivity contribution is -0.121. The highest BCUT2D eigenvalue weighted by Crippen LogP contribution is 2.43. The molecule has 3 rings (SSSR count). The molecule has 0 aliphatic carbocycles. The third-order valence-electron chi connectivity index (χ3n) is 4.34. The van der Waals surface area contributed by atoms with E-state index < -0.39 is 30.8 Å². The molecule has 1 aliphatic rings. The summed E-state index contributed by atoms with van der Waals surface area (Å²) >= 11 is 0. The Bertz CT molecular complexity index is 933. The van der Waals surface area contributed by atoms with Gasteiger partial charge in [0.05, 0.1) is 0 Å². The minimum Gasteiger partial charge on any atom is -0.508 e. The summed E-state index contributed by atoms with van der Waals surface area (Å²) in [6, 6.07) is 6.70. The van der Waals surface area contributed by atoms with Crippen LogP contribution in [0.5, 0.6) is 28.7 Å². The molecule has 9 nitrogen and oxygen atoms in total. The van der Waals surface area contributed by atoms with Crippen LogP contribution >= 0.6 is 0 Å². The third kappa shape index (κ3) is 4.98. The van der Waals surface area contributed by atoms with Crippen LogP contribution in [0.3, 0.4) is 0 Å². The van der Waals surface area contributed by atoms with E-state index in [4.69, 9.17) is 18.9 Å². The van der Waals surface area contributed by atoms with Crippen molar-refractivity contribution in [3.05, 3.63) is 41.5 Å². The van der Waals surface area contributed by atoms with Crippen molar-refractivity contribution >= 4 is 6.16 Å². The van der Waals surface area contributed by atoms with Gasteiger partial charge in [0, 0.05) is 24.1 Å². The molecule has 2 atom stereocenters. The Morgan fingerprint density at radius 2 is 1.80 bits per heavy atom. The summed E-state index contributed by atoms with van der Waals surface area (Å²) in [5.41, 5.74) is 0.166. The van der Waals surface area contributed by atoms with Crippen molar-refractivity contribution in [2.24, 2.45) is 0 Å². The highest BCUT2D eigenvalue weighted by atomic mass is 16.8. The second-order valence-electron chi connectivity index (χ2n) is 7.86. The van der Waals surface area contributed by atoms with Gasteiger partial charge in [0.1, 0.15) is 29.0 Å². The number of hydrogen-bond acceptors (Lipinski definition) is 9. The van der Waals surface area contributed by atoms with Crippen molar-refractivity contribution < 1.29 is 44.2 Å². The van der Waals surface area contributed by atoms with E-state index in [9.17, 15) is 25.2 Å². The van der Waals surface area contributed by atoms with Crippen molar-refractivity contribution in [3.63, 3.8) is 0 Å². The molecule has 0 saturated heterocycles. The van der Waals surface area contributed by atoms with Gasteiger partial charge in [-0.25, -0.2) is 4.79 Å². The number of aromatic hydroxyl groups is 4. The zero-order chi connectivity index (χ0) is 22.1. The predicted octanol–water partition coefficient (Wildman–Crippen LogP) is 3.48. The van der Waals surface area contributed by atoms with Crippen molar-refractivity contribution in [3.8, 4) is 28.7 Å². The van der Waals surface area contributed by atoms with Crippen LogP contribution in [0.4, 0.5) is 4.79 Å². The van der Waals surface area contributed by atoms with Crippen LogP contribution in [-0.2, 0) is 20.6 Å². The molecular formula is C21H24O9. The SMILES string of the molecule is CC(C)(C)OC(=O)OCO[C@@H]1Cc2c(O)cc(O)cc2O[C@@H]1c1ccc(O)c(O)c1. The quantitative estimate of drug-likeness (QED) is 0.333. The molecule has 4 N–H and O–H groups in total. The summed E-state index contributed by atoms with van der Waals surface area (Å²) in [5.74, 6) is -0.733. The van der Waals surface area contributed by atoms with E-state index in [2.05, 4.69) is 0 Å². The van der Waals surface area contributed by atoms with E-state index in [0.29, 0.717) is 11.1 Å². The van der Waals surface area contributed by atoms with Gasteiger partial charge in [0.25, 0.3) is 0 Å². The van der Waals surface area contributed by atoms with Gasteiger partial charge in [-0.05, 0) is 38.5 Å². The van der Waals surface area contributed by atoms with E-state index in [1.807, 2.05) is 0 Å². The van der Waals surface area contributed by atoms with Gasteiger partial charge >= 0.3 is 6.16 Å². The summed E-state index contributed by atoms with van der Waals surface area (Å²) in [5, 5.41) is 39.3. The van der Waals surface area contributed by atoms with Crippen molar-refractivity contribution in [2.45, 2.75) is 45.0 Å². The summed E-state index contributed by atoms with van der Waals surface area (Å²) in [7, 11) is 0. The number of ether oxygens (including phenoxy) is 4. The Morgan fingerprint density at radius 1 is 1.07 bits per heavy atom. The predicted molar refractivity (Wildman–Crippen MR) is 104 cm³/mol. The van der Waals surface area contributed by atoms with Crippen LogP contribution < -0.4 is 4.74 Å². The van der Waals surface area contributed by atoms with Gasteiger partial charge in [0.2, 0.25) is 0 Å². The number of phenolic OH excluding ortho intramolecular Hbond substituents is 4. The van der Waals surface area contributed by atoms with Crippen molar-refractivity contribution in [1.29, 1.82) is 0 Å². The van der Waals surface area contributed by atoms with Gasteiger partial charge < -0.3 is 39.4 Å². The van der Waals surface area contributed by atoms with E-state index >= 15 is 0 Å². The smallest absolute Gasteiger partial charge is 0.508 e. The lowest BCUT2D eigenvalue weighted by Crippen LogP contribution is -2.34. The van der Waals surface area contributed by atoms with E-state index in [-0.39, 0.29) is 35.2 Å². The minimum absolute atomic E-state index is 0.168. The van der Waals surface area contributed by atoms with Crippen LogP contribution in [0.15, 0.2) is 30.3 Å². The maximum Gasteiger partial charge on any atom is 0.510 e. The molecule has 30 heavy (non-hydrogen) atoms. The van der Waals surface area contributed by atoms with E-state index in [1.54, 1.807) is 26.8 Å². The molecular weight excluding hydrogens is 396 g/mol. The average molecular weight is 420 g/mol. The summed E-state index contributed by atoms with van der Waals surface area (Å²) in [6.45, 7) is 4.67. The lowest BCUT2D eigenvalue weighted by Gasteiger charge is -2.34. The number of carbonyl (C=O) groups is 1. The van der Waals surface area contributed by atoms with Gasteiger partial charge in [-0.15, -0.1) is 0 Å². The van der Waals surface area contributed by atoms with E-state index in [1.165, 1.54) is 24.3 Å². The Balaban J connectivity index is 1.81. The normalized spacial score (nSPS) is 18.2. The lowest BCUT2D eigenvalue weighted by atomic mass is 9.93. The Morgan fingerprint density at radius 3 is 2.47 bits per heavy atom. The first-order chi connectivity index (χ1) is 14.0. The Hall–Kier alpha value is -3.33. The molecule has 0 aromatic heterocycles. The third-order valence-corrected chi connectivity index (χ3v) is 4.34. The zero-order valence-electron chi connectivity index (χ0n) is 16.8. The largest absolute Gasteiger partial charge is 0.510 e. The number of fused-ring (bicyclic) bond motifs is 1. The molecule has 0 bridgehead atoms. The van der Waals surface area contributed by atoms with Crippen LogP contribution in [0.1, 0.15) is 38.0 Å². The summed E-state index contributed by atoms with van der Waals surface area (Å²) < 4.78 is 21.6. The van der Waals surface area contributed by atoms with Crippen molar-refractivity contribution in [2.75, 3.05) is 6.79 Å². The van der Waals surface area contributed by atoms with Crippen LogP contribution in [0.2, 0.25) is 0 Å². The molecule has 2 aromatic carbocycles. The van der Waals surface area contributed by atoms with Crippen molar-refractivity contribution in [1.82, 2.24) is 0 Å². The first-order valence-electron chi connectivity index (χ1n) is 9.24. The first kappa shape index (κ1) is 21.4. The fraction of sp³-hybridized carbons (Fsp3) is 0.381. The highest BCUT2D eigenvalue weighted by molar-refractivity contribution is 5.60. The monoisotopic (exact) mass is 420 g/mol. The fourth-order valence-corrected chi connectivity index (χ4v) is 3.04. The van der Waals surface area contributed by atoms with Crippen LogP contribution in [-0.4, -0.2) is 45.1 Å². The van der Waals surface area contributed by atoms with Crippen LogP contribution in [0.25, 0.3) is 0 Å². The Kier molecular flexibility index (Phi) is 5.84. The highest BCUT2D eigenvalue weighted by Gasteiger charge is 2.35. The fourth-order valence-electron chi connectivity index (χ4n) is 3.04. The first-order valence-corrected chi connectivity index (χ1v) is 9.24. The molecule has 9 heteroatoms. The molecule has 0 amide bonds. The molecule has 0 saturated carbocycles. The number of benzene rings is 2. The second kappa shape index (κ2) is 8.19. The van der Waals surface area contributed by atoms with E-state index in [0.717, 1.165) is 0 Å². The molecule has 0 spiro atoms. The molecule has 162 valence electrons. The second-order valence-corrected chi connectivity index (χ2v) is 7.86. The summed E-state index contributed by atoms with van der Waals surface area (Å²) in [4.78, 5) is 11.7. The Labute approximate surface area is 173 Å². The topological polar surface area (TPSA) is 135 Å². The van der Waals surface area contributed by atoms with Gasteiger partial charge in [-0.1, -0.05) is 6.07 Å². The maximum atomic E-state index is 11.7. The molecule has 0 radical (unpaired) electrons. The average Bonchev–Trinajstić information content (AvgIpc) is 2.62. The number of hydrogen-bond donors (Lipinski definition) is 4. The molecule has 1 aliphatic heterocycles. The minimum atomic E-state index is -0.897. The number of phenols is 4. The standard InChI is InChI=1S/C21H24O9/c1-21(2,3)30-20(26)28-10-27-18-9-13-15(24)7-12(22)8-17(13)29-19(18)11-4-5-14(23)16(25)6-11/h4-8,18-19,22-25H,9-10H2,1-3H3/t18-,19-/m1/s1. The van der Waals surface area contributed by atoms with Gasteiger partial charge in [-0.3, -0.25) is 0 Å². The molecule has 0 fully saturated rings. The maximum absolute atomic E-state index is 11.7. The zero-order valence-corrected chi connectivity index (χ0v) is 16.8. The van der Waals surface area contributed by atoms with Crippen LogP contribution in [0, 0.1) is 0 Å². The van der Waals surface area contributed by atoms with Gasteiger partial charge in [-0.2, -0.15) is 0 Å². The molecule has 0 unspecified atom stereocenters. The molecule has 1 heterocycles. The summed E-state index contributed by atoms with van der Waals surface area (Å²) in [6.07, 6.45) is -2.23. The van der Waals surface area contributed by atoms with Gasteiger partial charge in [0.15, 0.2) is 24.4 Å². The number of rotatable bonds is 4. The molecule has 2 aromatic rings. The number of carbonyl (C=O) groups excluding carboxylic acids is 1.